The molecule has 8 rings (SSSR count). The van der Waals surface area contributed by atoms with Gasteiger partial charge in [0, 0.05) is 76.2 Å². The highest BCUT2D eigenvalue weighted by molar-refractivity contribution is 5.99. The molecule has 6 aromatic carbocycles. The summed E-state index contributed by atoms with van der Waals surface area (Å²) >= 11 is 0. The molecule has 2 heterocycles. The number of nitrogens with one attached hydrogen (secondary N) is 2. The van der Waals surface area contributed by atoms with Crippen LogP contribution in [-0.4, -0.2) is 101 Å². The standard InChI is InChI=1S/C28H30N2O7.C28H30N2O6.2C6H5FO/c1-19(16-21-10-6-4-7-11-21)37-28(33)23(17-22-12-8-5-9-13-22)30-27(32)25-26(36-18-35-20(2)31)24(34-3)14-15-29-25;1-4-34-24-15-16-29-25(26(24)36-20(3)31)27(32)30-23(18-22-13-9-6-10-14-22)28(33)35-19(2)17-21-11-7-5-8-12-21;2*7-5-2-1-3-6(8)4-5/h4-15,19,23H,16-18H2,1-3H3,(H,30,32);5-16,19,23H,4,17-18H2,1-3H3,(H,30,32);2*1-4,8H/t2*19?,23-;;/m00../s1. The van der Waals surface area contributed by atoms with Gasteiger partial charge in [0.15, 0.2) is 28.6 Å². The molecule has 0 aliphatic heterocycles. The third-order valence-corrected chi connectivity index (χ3v) is 12.1. The molecule has 8 aromatic rings. The van der Waals surface area contributed by atoms with Crippen molar-refractivity contribution in [3.8, 4) is 34.5 Å². The monoisotopic (exact) mass is 1220 g/mol. The smallest absolute Gasteiger partial charge is 0.329 e. The van der Waals surface area contributed by atoms with Crippen molar-refractivity contribution >= 4 is 35.7 Å². The van der Waals surface area contributed by atoms with Crippen LogP contribution in [0.5, 0.6) is 34.5 Å². The Kier molecular flexibility index (Phi) is 28.7. The van der Waals surface area contributed by atoms with Crippen LogP contribution in [0.2, 0.25) is 0 Å². The Balaban J connectivity index is 0.000000258. The number of methoxy groups -OCH3 is 1. The van der Waals surface area contributed by atoms with E-state index in [1.807, 2.05) is 121 Å². The Morgan fingerprint density at radius 2 is 0.888 bits per heavy atom. The Morgan fingerprint density at radius 3 is 1.24 bits per heavy atom. The molecule has 4 N–H and O–H groups in total. The summed E-state index contributed by atoms with van der Waals surface area (Å²) in [5.74, 6) is -4.32. The van der Waals surface area contributed by atoms with Gasteiger partial charge >= 0.3 is 23.9 Å². The van der Waals surface area contributed by atoms with Crippen LogP contribution in [0.3, 0.4) is 0 Å². The molecule has 89 heavy (non-hydrogen) atoms. The van der Waals surface area contributed by atoms with Crippen molar-refractivity contribution in [1.29, 1.82) is 0 Å². The number of phenolic OH excluding ortho intramolecular Hbond substituents is 2. The Morgan fingerprint density at radius 1 is 0.494 bits per heavy atom. The molecule has 0 saturated heterocycles. The summed E-state index contributed by atoms with van der Waals surface area (Å²) in [5.41, 5.74) is 3.44. The third kappa shape index (κ3) is 25.0. The lowest BCUT2D eigenvalue weighted by atomic mass is 10.1. The Labute approximate surface area is 514 Å². The van der Waals surface area contributed by atoms with Crippen LogP contribution < -0.4 is 29.6 Å². The predicted octanol–water partition coefficient (Wildman–Crippen LogP) is 10.5. The van der Waals surface area contributed by atoms with Gasteiger partial charge in [-0.05, 0) is 67.3 Å². The summed E-state index contributed by atoms with van der Waals surface area (Å²) in [6.07, 6.45) is 3.40. The van der Waals surface area contributed by atoms with E-state index in [9.17, 15) is 37.5 Å². The Bertz CT molecular complexity index is 3440. The predicted molar refractivity (Wildman–Crippen MR) is 325 cm³/mol. The number of aromatic hydroxyl groups is 2. The van der Waals surface area contributed by atoms with E-state index >= 15 is 0 Å². The van der Waals surface area contributed by atoms with Crippen LogP contribution >= 0.6 is 0 Å². The number of amides is 2. The normalized spacial score (nSPS) is 11.6. The molecule has 0 aliphatic rings. The van der Waals surface area contributed by atoms with Crippen LogP contribution in [-0.2, 0) is 59.1 Å². The van der Waals surface area contributed by atoms with Gasteiger partial charge in [0.2, 0.25) is 12.5 Å². The van der Waals surface area contributed by atoms with Gasteiger partial charge in [-0.3, -0.25) is 19.2 Å². The average molecular weight is 1220 g/mol. The lowest BCUT2D eigenvalue weighted by Crippen LogP contribution is -2.44. The summed E-state index contributed by atoms with van der Waals surface area (Å²) in [4.78, 5) is 83.9. The molecule has 0 fully saturated rings. The average Bonchev–Trinajstić information content (AvgIpc) is 1.72. The number of phenols is 2. The van der Waals surface area contributed by atoms with Crippen molar-refractivity contribution in [2.45, 2.75) is 84.6 Å². The van der Waals surface area contributed by atoms with Gasteiger partial charge < -0.3 is 54.0 Å². The second-order valence-electron chi connectivity index (χ2n) is 19.4. The van der Waals surface area contributed by atoms with Gasteiger partial charge in [-0.1, -0.05) is 133 Å². The van der Waals surface area contributed by atoms with E-state index in [1.54, 1.807) is 20.8 Å². The maximum atomic E-state index is 13.3. The second-order valence-corrected chi connectivity index (χ2v) is 19.4. The largest absolute Gasteiger partial charge is 0.508 e. The summed E-state index contributed by atoms with van der Waals surface area (Å²) < 4.78 is 61.7. The quantitative estimate of drug-likeness (QED) is 0.0264. The van der Waals surface area contributed by atoms with Crippen molar-refractivity contribution in [3.05, 3.63) is 240 Å². The number of hydrogen-bond donors (Lipinski definition) is 4. The summed E-state index contributed by atoms with van der Waals surface area (Å²) in [6, 6.07) is 49.3. The van der Waals surface area contributed by atoms with Crippen molar-refractivity contribution < 1.29 is 80.9 Å². The van der Waals surface area contributed by atoms with E-state index in [0.717, 1.165) is 34.4 Å². The van der Waals surface area contributed by atoms with Crippen LogP contribution in [0.25, 0.3) is 0 Å². The fraction of sp³-hybridized carbons (Fsp3) is 0.235. The number of ether oxygens (including phenoxy) is 7. The third-order valence-electron chi connectivity index (χ3n) is 12.1. The zero-order valence-electron chi connectivity index (χ0n) is 49.9. The van der Waals surface area contributed by atoms with E-state index in [4.69, 9.17) is 43.4 Å². The van der Waals surface area contributed by atoms with E-state index in [1.165, 1.54) is 81.9 Å². The molecular weight excluding hydrogens is 1150 g/mol. The SMILES string of the molecule is CCOc1ccnc(C(=O)N[C@@H](Cc2ccccc2)C(=O)OC(C)Cc2ccccc2)c1OC(C)=O.COc1ccnc(C(=O)N[C@@H](Cc2ccccc2)C(=O)OC(C)Cc2ccccc2)c1OCOC(C)=O.Oc1cccc(F)c1.Oc1cccc(F)c1. The van der Waals surface area contributed by atoms with E-state index in [2.05, 4.69) is 20.6 Å². The second kappa shape index (κ2) is 37.0. The fourth-order valence-electron chi connectivity index (χ4n) is 8.20. The first-order chi connectivity index (χ1) is 42.8. The molecule has 2 amide bonds. The lowest BCUT2D eigenvalue weighted by Gasteiger charge is -2.21. The fourth-order valence-corrected chi connectivity index (χ4v) is 8.20. The molecule has 0 radical (unpaired) electrons. The summed E-state index contributed by atoms with van der Waals surface area (Å²) in [7, 11) is 1.40. The van der Waals surface area contributed by atoms with Crippen molar-refractivity contribution in [1.82, 2.24) is 20.6 Å². The Hall–Kier alpha value is -10.7. The number of benzene rings is 6. The molecule has 4 atom stereocenters. The number of hydrogen-bond acceptors (Lipinski definition) is 17. The highest BCUT2D eigenvalue weighted by atomic mass is 19.1. The highest BCUT2D eigenvalue weighted by Crippen LogP contribution is 2.31. The van der Waals surface area contributed by atoms with Crippen molar-refractivity contribution in [3.63, 3.8) is 0 Å². The number of halogens is 2. The van der Waals surface area contributed by atoms with E-state index in [0.29, 0.717) is 19.4 Å². The van der Waals surface area contributed by atoms with Crippen molar-refractivity contribution in [2.75, 3.05) is 20.5 Å². The molecule has 0 spiro atoms. The van der Waals surface area contributed by atoms with Gasteiger partial charge in [0.1, 0.15) is 47.4 Å². The van der Waals surface area contributed by atoms with E-state index in [-0.39, 0.29) is 58.7 Å². The van der Waals surface area contributed by atoms with Gasteiger partial charge in [-0.15, -0.1) is 0 Å². The topological polar surface area (TPSA) is 257 Å². The molecule has 2 unspecified atom stereocenters. The first-order valence-corrected chi connectivity index (χ1v) is 28.0. The molecule has 0 saturated carbocycles. The number of rotatable bonds is 23. The number of aromatic nitrogens is 2. The van der Waals surface area contributed by atoms with Crippen molar-refractivity contribution in [2.24, 2.45) is 0 Å². The minimum Gasteiger partial charge on any atom is -0.508 e. The number of pyridine rings is 2. The number of carbonyl (C=O) groups excluding carboxylic acids is 6. The van der Waals surface area contributed by atoms with Crippen LogP contribution in [0.4, 0.5) is 8.78 Å². The zero-order chi connectivity index (χ0) is 64.5. The maximum Gasteiger partial charge on any atom is 0.329 e. The summed E-state index contributed by atoms with van der Waals surface area (Å²) in [6.45, 7) is 7.67. The molecule has 0 aliphatic carbocycles. The number of carbonyl (C=O) groups is 6. The van der Waals surface area contributed by atoms with E-state index < -0.39 is 78.4 Å². The molecular formula is C68H70F2N4O15. The minimum absolute atomic E-state index is 0.0203. The van der Waals surface area contributed by atoms with Gasteiger partial charge in [0.25, 0.3) is 11.8 Å². The minimum atomic E-state index is -0.999. The number of nitrogens with zero attached hydrogens (tertiary/aromatic N) is 2. The molecule has 19 nitrogen and oxygen atoms in total. The van der Waals surface area contributed by atoms with Gasteiger partial charge in [0.05, 0.1) is 13.7 Å². The lowest BCUT2D eigenvalue weighted by molar-refractivity contribution is -0.151. The van der Waals surface area contributed by atoms with Crippen LogP contribution in [0.1, 0.15) is 77.8 Å². The zero-order valence-corrected chi connectivity index (χ0v) is 49.9. The molecule has 466 valence electrons. The van der Waals surface area contributed by atoms with Gasteiger partial charge in [-0.2, -0.15) is 0 Å². The van der Waals surface area contributed by atoms with Crippen LogP contribution in [0, 0.1) is 11.6 Å². The first-order valence-electron chi connectivity index (χ1n) is 28.0. The molecule has 2 aromatic heterocycles. The highest BCUT2D eigenvalue weighted by Gasteiger charge is 2.30. The van der Waals surface area contributed by atoms with Crippen LogP contribution in [0.15, 0.2) is 194 Å². The maximum absolute atomic E-state index is 13.3. The summed E-state index contributed by atoms with van der Waals surface area (Å²) in [5, 5.41) is 22.6. The van der Waals surface area contributed by atoms with Gasteiger partial charge in [-0.25, -0.2) is 28.3 Å². The number of esters is 4. The molecule has 21 heteroatoms. The molecule has 0 bridgehead atoms. The first kappa shape index (κ1) is 69.1.